The summed E-state index contributed by atoms with van der Waals surface area (Å²) < 4.78 is 5.51. The average molecular weight is 262 g/mol. The van der Waals surface area contributed by atoms with Gasteiger partial charge in [0.15, 0.2) is 0 Å². The van der Waals surface area contributed by atoms with Gasteiger partial charge in [0.2, 0.25) is 0 Å². The highest BCUT2D eigenvalue weighted by molar-refractivity contribution is 5.80. The molecule has 0 radical (unpaired) electrons. The van der Waals surface area contributed by atoms with Crippen LogP contribution in [0.4, 0.5) is 0 Å². The minimum Gasteiger partial charge on any atom is -0.464 e. The van der Waals surface area contributed by atoms with Crippen molar-refractivity contribution in [2.45, 2.75) is 13.1 Å². The number of benzene rings is 2. The molecule has 2 aromatic carbocycles. The van der Waals surface area contributed by atoms with Crippen molar-refractivity contribution in [3.63, 3.8) is 0 Å². The lowest BCUT2D eigenvalue weighted by Crippen LogP contribution is -2.12. The van der Waals surface area contributed by atoms with Crippen LogP contribution in [0, 0.1) is 11.3 Å². The molecule has 1 aromatic heterocycles. The van der Waals surface area contributed by atoms with Crippen molar-refractivity contribution in [1.29, 1.82) is 5.26 Å². The zero-order valence-electron chi connectivity index (χ0n) is 11.0. The van der Waals surface area contributed by atoms with Gasteiger partial charge in [-0.25, -0.2) is 0 Å². The second-order valence-corrected chi connectivity index (χ2v) is 4.67. The Morgan fingerprint density at radius 1 is 1.00 bits per heavy atom. The van der Waals surface area contributed by atoms with Crippen LogP contribution in [0.25, 0.3) is 11.0 Å². The number of furan rings is 1. The Balaban J connectivity index is 1.63. The van der Waals surface area contributed by atoms with Gasteiger partial charge in [0, 0.05) is 24.0 Å². The van der Waals surface area contributed by atoms with Gasteiger partial charge in [-0.15, -0.1) is 0 Å². The number of nitrogens with one attached hydrogen (secondary N) is 1. The van der Waals surface area contributed by atoms with Crippen molar-refractivity contribution in [3.8, 4) is 6.07 Å². The fourth-order valence-corrected chi connectivity index (χ4v) is 2.21. The molecule has 0 aliphatic heterocycles. The molecule has 0 saturated carbocycles. The zero-order chi connectivity index (χ0) is 13.8. The first-order valence-corrected chi connectivity index (χ1v) is 6.52. The smallest absolute Gasteiger partial charge is 0.134 e. The Labute approximate surface area is 117 Å². The minimum absolute atomic E-state index is 0.689. The Hall–Kier alpha value is -2.57. The van der Waals surface area contributed by atoms with Gasteiger partial charge < -0.3 is 9.73 Å². The van der Waals surface area contributed by atoms with Crippen LogP contribution in [0.5, 0.6) is 0 Å². The lowest BCUT2D eigenvalue weighted by Gasteiger charge is -2.04. The van der Waals surface area contributed by atoms with Crippen LogP contribution in [0.3, 0.4) is 0 Å². The van der Waals surface area contributed by atoms with E-state index in [1.54, 1.807) is 6.26 Å². The summed E-state index contributed by atoms with van der Waals surface area (Å²) in [7, 11) is 0. The topological polar surface area (TPSA) is 49.0 Å². The van der Waals surface area contributed by atoms with Crippen LogP contribution < -0.4 is 5.32 Å². The Morgan fingerprint density at radius 2 is 1.80 bits per heavy atom. The van der Waals surface area contributed by atoms with E-state index in [2.05, 4.69) is 17.5 Å². The quantitative estimate of drug-likeness (QED) is 0.781. The molecular weight excluding hydrogens is 248 g/mol. The normalized spacial score (nSPS) is 10.6. The maximum absolute atomic E-state index is 8.75. The van der Waals surface area contributed by atoms with Crippen molar-refractivity contribution in [1.82, 2.24) is 5.32 Å². The molecule has 0 atom stereocenters. The third kappa shape index (κ3) is 2.56. The van der Waals surface area contributed by atoms with Gasteiger partial charge in [0.05, 0.1) is 17.9 Å². The first-order valence-electron chi connectivity index (χ1n) is 6.52. The predicted octanol–water partition coefficient (Wildman–Crippen LogP) is 3.59. The van der Waals surface area contributed by atoms with E-state index in [1.165, 1.54) is 0 Å². The summed E-state index contributed by atoms with van der Waals surface area (Å²) in [4.78, 5) is 0. The third-order valence-corrected chi connectivity index (χ3v) is 3.29. The molecule has 1 heterocycles. The van der Waals surface area contributed by atoms with Gasteiger partial charge in [0.1, 0.15) is 5.58 Å². The molecule has 0 aliphatic carbocycles. The van der Waals surface area contributed by atoms with E-state index in [9.17, 15) is 0 Å². The van der Waals surface area contributed by atoms with Crippen LogP contribution in [0.1, 0.15) is 16.7 Å². The predicted molar refractivity (Wildman–Crippen MR) is 77.9 cm³/mol. The summed E-state index contributed by atoms with van der Waals surface area (Å²) in [5.41, 5.74) is 3.93. The van der Waals surface area contributed by atoms with E-state index in [0.29, 0.717) is 5.56 Å². The lowest BCUT2D eigenvalue weighted by molar-refractivity contribution is 0.602. The number of rotatable bonds is 4. The summed E-state index contributed by atoms with van der Waals surface area (Å²) >= 11 is 0. The van der Waals surface area contributed by atoms with E-state index in [-0.39, 0.29) is 0 Å². The molecule has 1 N–H and O–H groups in total. The Kier molecular flexibility index (Phi) is 3.49. The van der Waals surface area contributed by atoms with Gasteiger partial charge in [0.25, 0.3) is 0 Å². The number of fused-ring (bicyclic) bond motifs is 1. The monoisotopic (exact) mass is 262 g/mol. The Bertz CT molecular complexity index is 751. The van der Waals surface area contributed by atoms with Crippen LogP contribution in [0.15, 0.2) is 59.2 Å². The fraction of sp³-hybridized carbons (Fsp3) is 0.118. The standard InChI is InChI=1S/C17H14N2O/c18-9-13-5-7-14(8-6-13)10-19-11-15-12-20-17-4-2-1-3-16(15)17/h1-8,12,19H,10-11H2. The van der Waals surface area contributed by atoms with Gasteiger partial charge in [-0.2, -0.15) is 5.26 Å². The first kappa shape index (κ1) is 12.5. The molecule has 0 amide bonds. The molecule has 0 aliphatic rings. The zero-order valence-corrected chi connectivity index (χ0v) is 11.0. The molecule has 0 unspecified atom stereocenters. The van der Waals surface area contributed by atoms with E-state index < -0.39 is 0 Å². The maximum atomic E-state index is 8.75. The van der Waals surface area contributed by atoms with Gasteiger partial charge in [-0.05, 0) is 23.8 Å². The first-order chi connectivity index (χ1) is 9.86. The molecule has 0 spiro atoms. The molecule has 20 heavy (non-hydrogen) atoms. The van der Waals surface area contributed by atoms with E-state index >= 15 is 0 Å². The molecule has 3 heteroatoms. The summed E-state index contributed by atoms with van der Waals surface area (Å²) in [5, 5.41) is 13.3. The summed E-state index contributed by atoms with van der Waals surface area (Å²) in [6, 6.07) is 17.8. The Morgan fingerprint density at radius 3 is 2.60 bits per heavy atom. The SMILES string of the molecule is N#Cc1ccc(CNCc2coc3ccccc23)cc1. The van der Waals surface area contributed by atoms with Crippen LogP contribution >= 0.6 is 0 Å². The number of nitrogens with zero attached hydrogens (tertiary/aromatic N) is 1. The van der Waals surface area contributed by atoms with Crippen molar-refractivity contribution < 1.29 is 4.42 Å². The number of para-hydroxylation sites is 1. The molecule has 3 rings (SSSR count). The van der Waals surface area contributed by atoms with Crippen molar-refractivity contribution in [2.75, 3.05) is 0 Å². The van der Waals surface area contributed by atoms with Gasteiger partial charge in [-0.3, -0.25) is 0 Å². The molecule has 0 fully saturated rings. The number of hydrogen-bond acceptors (Lipinski definition) is 3. The van der Waals surface area contributed by atoms with Crippen molar-refractivity contribution >= 4 is 11.0 Å². The molecule has 0 bridgehead atoms. The van der Waals surface area contributed by atoms with E-state index in [4.69, 9.17) is 9.68 Å². The van der Waals surface area contributed by atoms with Crippen molar-refractivity contribution in [2.24, 2.45) is 0 Å². The van der Waals surface area contributed by atoms with Crippen molar-refractivity contribution in [3.05, 3.63) is 71.5 Å². The van der Waals surface area contributed by atoms with E-state index in [1.807, 2.05) is 42.5 Å². The minimum atomic E-state index is 0.689. The average Bonchev–Trinajstić information content (AvgIpc) is 2.92. The van der Waals surface area contributed by atoms with Crippen LogP contribution in [0.2, 0.25) is 0 Å². The molecular formula is C17H14N2O. The van der Waals surface area contributed by atoms with E-state index in [0.717, 1.165) is 35.2 Å². The summed E-state index contributed by atoms with van der Waals surface area (Å²) in [6.45, 7) is 1.53. The lowest BCUT2D eigenvalue weighted by atomic mass is 10.1. The van der Waals surface area contributed by atoms with Gasteiger partial charge >= 0.3 is 0 Å². The highest BCUT2D eigenvalue weighted by atomic mass is 16.3. The second kappa shape index (κ2) is 5.60. The highest BCUT2D eigenvalue weighted by Gasteiger charge is 2.04. The number of nitriles is 1. The molecule has 3 aromatic rings. The largest absolute Gasteiger partial charge is 0.464 e. The fourth-order valence-electron chi connectivity index (χ4n) is 2.21. The number of hydrogen-bond donors (Lipinski definition) is 1. The van der Waals surface area contributed by atoms with Crippen LogP contribution in [-0.2, 0) is 13.1 Å². The highest BCUT2D eigenvalue weighted by Crippen LogP contribution is 2.20. The second-order valence-electron chi connectivity index (χ2n) is 4.67. The summed E-state index contributed by atoms with van der Waals surface area (Å²) in [5.74, 6) is 0. The van der Waals surface area contributed by atoms with Gasteiger partial charge in [-0.1, -0.05) is 30.3 Å². The molecule has 3 nitrogen and oxygen atoms in total. The maximum Gasteiger partial charge on any atom is 0.134 e. The van der Waals surface area contributed by atoms with Crippen LogP contribution in [-0.4, -0.2) is 0 Å². The summed E-state index contributed by atoms with van der Waals surface area (Å²) in [6.07, 6.45) is 1.80. The molecule has 0 saturated heterocycles. The third-order valence-electron chi connectivity index (χ3n) is 3.29. The molecule has 98 valence electrons.